The Morgan fingerprint density at radius 3 is 2.72 bits per heavy atom. The monoisotopic (exact) mass is 236 g/mol. The van der Waals surface area contributed by atoms with Crippen molar-refractivity contribution in [1.29, 1.82) is 0 Å². The van der Waals surface area contributed by atoms with E-state index in [1.165, 1.54) is 0 Å². The number of amidine groups is 1. The third-order valence-corrected chi connectivity index (χ3v) is 2.97. The number of carbonyl (C=O) groups is 1. The van der Waals surface area contributed by atoms with E-state index in [0.717, 1.165) is 11.3 Å². The van der Waals surface area contributed by atoms with Crippen molar-refractivity contribution in [2.24, 2.45) is 15.9 Å². The molecule has 0 N–H and O–H groups in total. The molecule has 0 saturated carbocycles. The molecule has 1 aliphatic carbocycles. The van der Waals surface area contributed by atoms with Crippen molar-refractivity contribution < 1.29 is 4.79 Å². The number of amides is 1. The molecule has 1 heterocycles. The normalized spacial score (nSPS) is 21.3. The lowest BCUT2D eigenvalue weighted by Gasteiger charge is -2.17. The first-order valence-electron chi connectivity index (χ1n) is 5.92. The minimum atomic E-state index is -0.283. The molecular weight excluding hydrogens is 224 g/mol. The van der Waals surface area contributed by atoms with Crippen molar-refractivity contribution in [2.75, 3.05) is 0 Å². The van der Waals surface area contributed by atoms with E-state index in [4.69, 9.17) is 0 Å². The van der Waals surface area contributed by atoms with Crippen LogP contribution in [-0.2, 0) is 11.2 Å². The summed E-state index contributed by atoms with van der Waals surface area (Å²) >= 11 is 0. The van der Waals surface area contributed by atoms with E-state index in [1.807, 2.05) is 54.6 Å². The molecule has 0 bridgehead atoms. The van der Waals surface area contributed by atoms with Crippen molar-refractivity contribution in [3.05, 3.63) is 60.2 Å². The molecule has 0 radical (unpaired) electrons. The molecule has 3 rings (SSSR count). The molecule has 1 aliphatic heterocycles. The lowest BCUT2D eigenvalue weighted by Crippen LogP contribution is -2.27. The van der Waals surface area contributed by atoms with Gasteiger partial charge in [-0.25, -0.2) is 4.99 Å². The smallest absolute Gasteiger partial charge is 0.260 e. The Balaban J connectivity index is 1.87. The molecule has 1 unspecified atom stereocenters. The molecule has 88 valence electrons. The van der Waals surface area contributed by atoms with Gasteiger partial charge in [0, 0.05) is 6.42 Å². The van der Waals surface area contributed by atoms with E-state index in [-0.39, 0.29) is 11.8 Å². The SMILES string of the molecule is O=C1N=C(Cc2ccccc2)N=C2C=CC=CC12. The Morgan fingerprint density at radius 1 is 1.06 bits per heavy atom. The van der Waals surface area contributed by atoms with Gasteiger partial charge in [-0.05, 0) is 11.6 Å². The minimum absolute atomic E-state index is 0.119. The molecule has 1 aromatic rings. The third kappa shape index (κ3) is 2.07. The minimum Gasteiger partial charge on any atom is -0.271 e. The van der Waals surface area contributed by atoms with Crippen molar-refractivity contribution in [3.8, 4) is 0 Å². The summed E-state index contributed by atoms with van der Waals surface area (Å²) in [6.45, 7) is 0. The molecule has 3 heteroatoms. The topological polar surface area (TPSA) is 41.8 Å². The number of nitrogens with zero attached hydrogens (tertiary/aromatic N) is 2. The van der Waals surface area contributed by atoms with E-state index in [0.29, 0.717) is 12.3 Å². The van der Waals surface area contributed by atoms with Gasteiger partial charge in [-0.3, -0.25) is 4.79 Å². The summed E-state index contributed by atoms with van der Waals surface area (Å²) in [4.78, 5) is 20.4. The summed E-state index contributed by atoms with van der Waals surface area (Å²) < 4.78 is 0. The summed E-state index contributed by atoms with van der Waals surface area (Å²) in [6.07, 6.45) is 8.07. The lowest BCUT2D eigenvalue weighted by molar-refractivity contribution is -0.118. The average Bonchev–Trinajstić information content (AvgIpc) is 2.40. The predicted octanol–water partition coefficient (Wildman–Crippen LogP) is 2.35. The number of aliphatic imine (C=N–C) groups is 2. The van der Waals surface area contributed by atoms with Gasteiger partial charge < -0.3 is 0 Å². The van der Waals surface area contributed by atoms with Gasteiger partial charge in [-0.1, -0.05) is 48.6 Å². The van der Waals surface area contributed by atoms with Gasteiger partial charge in [-0.2, -0.15) is 4.99 Å². The van der Waals surface area contributed by atoms with Crippen molar-refractivity contribution in [1.82, 2.24) is 0 Å². The van der Waals surface area contributed by atoms with Crippen LogP contribution in [0.4, 0.5) is 0 Å². The number of allylic oxidation sites excluding steroid dienone is 3. The highest BCUT2D eigenvalue weighted by molar-refractivity contribution is 6.21. The molecule has 1 amide bonds. The second kappa shape index (κ2) is 4.53. The summed E-state index contributed by atoms with van der Waals surface area (Å²) in [5, 5.41) is 0. The Morgan fingerprint density at radius 2 is 1.89 bits per heavy atom. The standard InChI is InChI=1S/C15H12N2O/c18-15-12-8-4-5-9-13(12)16-14(17-15)10-11-6-2-1-3-7-11/h1-9,12H,10H2. The average molecular weight is 236 g/mol. The van der Waals surface area contributed by atoms with Crippen molar-refractivity contribution in [2.45, 2.75) is 6.42 Å². The van der Waals surface area contributed by atoms with Crippen LogP contribution in [0.25, 0.3) is 0 Å². The molecule has 0 aromatic heterocycles. The van der Waals surface area contributed by atoms with Crippen LogP contribution >= 0.6 is 0 Å². The van der Waals surface area contributed by atoms with Crippen LogP contribution in [0.15, 0.2) is 64.6 Å². The van der Waals surface area contributed by atoms with Crippen LogP contribution in [0, 0.1) is 5.92 Å². The quantitative estimate of drug-likeness (QED) is 0.777. The van der Waals surface area contributed by atoms with Gasteiger partial charge in [-0.15, -0.1) is 0 Å². The summed E-state index contributed by atoms with van der Waals surface area (Å²) in [5.74, 6) is 0.193. The first-order valence-corrected chi connectivity index (χ1v) is 5.92. The molecule has 2 aliphatic rings. The molecule has 1 atom stereocenters. The second-order valence-electron chi connectivity index (χ2n) is 4.29. The van der Waals surface area contributed by atoms with E-state index >= 15 is 0 Å². The van der Waals surface area contributed by atoms with Gasteiger partial charge >= 0.3 is 0 Å². The van der Waals surface area contributed by atoms with Gasteiger partial charge in [0.05, 0.1) is 5.71 Å². The van der Waals surface area contributed by atoms with Gasteiger partial charge in [0.2, 0.25) is 0 Å². The summed E-state index contributed by atoms with van der Waals surface area (Å²) in [7, 11) is 0. The van der Waals surface area contributed by atoms with Gasteiger partial charge in [0.15, 0.2) is 0 Å². The maximum absolute atomic E-state index is 11.9. The highest BCUT2D eigenvalue weighted by Gasteiger charge is 2.25. The zero-order chi connectivity index (χ0) is 12.4. The fraction of sp³-hybridized carbons (Fsp3) is 0.133. The molecular formula is C15H12N2O. The number of benzene rings is 1. The maximum Gasteiger partial charge on any atom is 0.260 e. The molecule has 18 heavy (non-hydrogen) atoms. The fourth-order valence-electron chi connectivity index (χ4n) is 2.08. The maximum atomic E-state index is 11.9. The highest BCUT2D eigenvalue weighted by atomic mass is 16.1. The molecule has 0 saturated heterocycles. The number of carbonyl (C=O) groups excluding carboxylic acids is 1. The second-order valence-corrected chi connectivity index (χ2v) is 4.29. The summed E-state index contributed by atoms with van der Waals surface area (Å²) in [6, 6.07) is 9.93. The van der Waals surface area contributed by atoms with Gasteiger partial charge in [0.1, 0.15) is 11.8 Å². The highest BCUT2D eigenvalue weighted by Crippen LogP contribution is 2.17. The van der Waals surface area contributed by atoms with Crippen LogP contribution in [-0.4, -0.2) is 17.5 Å². The Bertz CT molecular complexity index is 594. The molecule has 3 nitrogen and oxygen atoms in total. The molecule has 0 fully saturated rings. The van der Waals surface area contributed by atoms with E-state index in [2.05, 4.69) is 9.98 Å². The Hall–Kier alpha value is -2.29. The van der Waals surface area contributed by atoms with Crippen LogP contribution in [0.5, 0.6) is 0 Å². The third-order valence-electron chi connectivity index (χ3n) is 2.97. The first kappa shape index (κ1) is 10.8. The van der Waals surface area contributed by atoms with Gasteiger partial charge in [0.25, 0.3) is 5.91 Å². The number of fused-ring (bicyclic) bond motifs is 1. The summed E-state index contributed by atoms with van der Waals surface area (Å²) in [5.41, 5.74) is 1.91. The van der Waals surface area contributed by atoms with Crippen LogP contribution in [0.2, 0.25) is 0 Å². The zero-order valence-electron chi connectivity index (χ0n) is 9.78. The largest absolute Gasteiger partial charge is 0.271 e. The first-order chi connectivity index (χ1) is 8.83. The van der Waals surface area contributed by atoms with Crippen molar-refractivity contribution >= 4 is 17.5 Å². The zero-order valence-corrected chi connectivity index (χ0v) is 9.78. The Labute approximate surface area is 105 Å². The van der Waals surface area contributed by atoms with Crippen LogP contribution < -0.4 is 0 Å². The van der Waals surface area contributed by atoms with Crippen molar-refractivity contribution in [3.63, 3.8) is 0 Å². The predicted molar refractivity (Wildman–Crippen MR) is 71.8 cm³/mol. The number of hydrogen-bond acceptors (Lipinski definition) is 2. The molecule has 1 aromatic carbocycles. The fourth-order valence-corrected chi connectivity index (χ4v) is 2.08. The van der Waals surface area contributed by atoms with Crippen LogP contribution in [0.1, 0.15) is 5.56 Å². The number of hydrogen-bond donors (Lipinski definition) is 0. The van der Waals surface area contributed by atoms with E-state index in [1.54, 1.807) is 0 Å². The number of rotatable bonds is 2. The van der Waals surface area contributed by atoms with E-state index in [9.17, 15) is 4.79 Å². The lowest BCUT2D eigenvalue weighted by atomic mass is 9.96. The molecule has 0 spiro atoms. The van der Waals surface area contributed by atoms with Crippen LogP contribution in [0.3, 0.4) is 0 Å². The van der Waals surface area contributed by atoms with E-state index < -0.39 is 0 Å². The Kier molecular flexibility index (Phi) is 2.73.